The number of rotatable bonds is 6. The second kappa shape index (κ2) is 7.50. The molecule has 0 unspecified atom stereocenters. The summed E-state index contributed by atoms with van der Waals surface area (Å²) >= 11 is 0. The van der Waals surface area contributed by atoms with Crippen molar-refractivity contribution >= 4 is 5.91 Å². The fourth-order valence-electron chi connectivity index (χ4n) is 2.26. The Morgan fingerprint density at radius 2 is 1.73 bits per heavy atom. The molecule has 0 saturated heterocycles. The lowest BCUT2D eigenvalue weighted by Gasteiger charge is -2.15. The molecule has 0 aromatic heterocycles. The minimum absolute atomic E-state index is 0.00755. The molecule has 2 aromatic carbocycles. The number of hydrogen-bond acceptors (Lipinski definition) is 3. The molecule has 0 spiro atoms. The number of hydrogen-bond donors (Lipinski definition) is 1. The summed E-state index contributed by atoms with van der Waals surface area (Å²) in [5.41, 5.74) is 2.91. The van der Waals surface area contributed by atoms with Crippen molar-refractivity contribution in [2.24, 2.45) is 0 Å². The van der Waals surface area contributed by atoms with E-state index in [4.69, 9.17) is 9.47 Å². The highest BCUT2D eigenvalue weighted by Crippen LogP contribution is 2.36. The highest BCUT2D eigenvalue weighted by atomic mass is 16.5. The number of ether oxygens (including phenoxy) is 2. The lowest BCUT2D eigenvalue weighted by molar-refractivity contribution is -0.120. The van der Waals surface area contributed by atoms with Gasteiger partial charge in [-0.15, -0.1) is 0 Å². The van der Waals surface area contributed by atoms with Crippen molar-refractivity contribution in [2.45, 2.75) is 19.9 Å². The zero-order chi connectivity index (χ0) is 15.9. The van der Waals surface area contributed by atoms with Gasteiger partial charge in [0.1, 0.15) is 11.5 Å². The molecule has 4 heteroatoms. The molecule has 2 aromatic rings. The highest BCUT2D eigenvalue weighted by Gasteiger charge is 2.13. The van der Waals surface area contributed by atoms with Gasteiger partial charge in [0, 0.05) is 24.1 Å². The predicted octanol–water partition coefficient (Wildman–Crippen LogP) is 3.40. The second-order valence-electron chi connectivity index (χ2n) is 4.86. The van der Waals surface area contributed by atoms with Crippen LogP contribution in [0.1, 0.15) is 18.9 Å². The average molecular weight is 299 g/mol. The van der Waals surface area contributed by atoms with Crippen LogP contribution in [0.4, 0.5) is 0 Å². The Bertz CT molecular complexity index is 638. The van der Waals surface area contributed by atoms with Crippen LogP contribution in [0.5, 0.6) is 11.5 Å². The molecule has 1 N–H and O–H groups in total. The lowest BCUT2D eigenvalue weighted by Crippen LogP contribution is -2.21. The van der Waals surface area contributed by atoms with Crippen molar-refractivity contribution < 1.29 is 14.3 Å². The topological polar surface area (TPSA) is 47.6 Å². The summed E-state index contributed by atoms with van der Waals surface area (Å²) in [5, 5.41) is 2.86. The van der Waals surface area contributed by atoms with E-state index in [0.717, 1.165) is 28.2 Å². The van der Waals surface area contributed by atoms with Gasteiger partial charge in [0.15, 0.2) is 0 Å². The fraction of sp³-hybridized carbons (Fsp3) is 0.278. The van der Waals surface area contributed by atoms with Crippen molar-refractivity contribution in [2.75, 3.05) is 14.2 Å². The standard InChI is InChI=1S/C18H21NO3/c1-4-18(20)19-12-14-10-17(22-3)15(11-16(14)21-2)13-8-6-5-7-9-13/h5-11H,4,12H2,1-3H3,(H,19,20). The maximum Gasteiger partial charge on any atom is 0.219 e. The normalized spacial score (nSPS) is 10.1. The van der Waals surface area contributed by atoms with E-state index in [1.54, 1.807) is 14.2 Å². The summed E-state index contributed by atoms with van der Waals surface area (Å²) < 4.78 is 11.0. The Kier molecular flexibility index (Phi) is 5.42. The van der Waals surface area contributed by atoms with Gasteiger partial charge >= 0.3 is 0 Å². The maximum atomic E-state index is 11.4. The molecule has 0 bridgehead atoms. The third-order valence-electron chi connectivity index (χ3n) is 3.48. The van der Waals surface area contributed by atoms with Crippen molar-refractivity contribution in [3.63, 3.8) is 0 Å². The first-order valence-electron chi connectivity index (χ1n) is 7.26. The van der Waals surface area contributed by atoms with E-state index in [9.17, 15) is 4.79 Å². The summed E-state index contributed by atoms with van der Waals surface area (Å²) in [6.45, 7) is 2.24. The highest BCUT2D eigenvalue weighted by molar-refractivity contribution is 5.76. The van der Waals surface area contributed by atoms with Gasteiger partial charge < -0.3 is 14.8 Å². The number of carbonyl (C=O) groups is 1. The maximum absolute atomic E-state index is 11.4. The van der Waals surface area contributed by atoms with E-state index in [1.165, 1.54) is 0 Å². The first-order valence-corrected chi connectivity index (χ1v) is 7.26. The van der Waals surface area contributed by atoms with Gasteiger partial charge in [0.2, 0.25) is 5.91 Å². The van der Waals surface area contributed by atoms with Gasteiger partial charge in [-0.05, 0) is 17.7 Å². The number of nitrogens with one attached hydrogen (secondary N) is 1. The molecule has 4 nitrogen and oxygen atoms in total. The van der Waals surface area contributed by atoms with Crippen LogP contribution in [-0.2, 0) is 11.3 Å². The number of benzene rings is 2. The van der Waals surface area contributed by atoms with Crippen LogP contribution in [0.2, 0.25) is 0 Å². The van der Waals surface area contributed by atoms with Crippen molar-refractivity contribution in [1.29, 1.82) is 0 Å². The Balaban J connectivity index is 2.39. The fourth-order valence-corrected chi connectivity index (χ4v) is 2.26. The first kappa shape index (κ1) is 15.9. The zero-order valence-electron chi connectivity index (χ0n) is 13.2. The van der Waals surface area contributed by atoms with Crippen molar-refractivity contribution in [3.8, 4) is 22.6 Å². The van der Waals surface area contributed by atoms with E-state index in [2.05, 4.69) is 5.32 Å². The van der Waals surface area contributed by atoms with E-state index in [1.807, 2.05) is 49.4 Å². The van der Waals surface area contributed by atoms with E-state index < -0.39 is 0 Å². The summed E-state index contributed by atoms with van der Waals surface area (Å²) in [7, 11) is 3.27. The molecule has 2 rings (SSSR count). The van der Waals surface area contributed by atoms with Crippen molar-refractivity contribution in [3.05, 3.63) is 48.0 Å². The minimum Gasteiger partial charge on any atom is -0.496 e. The molecule has 0 heterocycles. The number of carbonyl (C=O) groups excluding carboxylic acids is 1. The largest absolute Gasteiger partial charge is 0.496 e. The van der Waals surface area contributed by atoms with Crippen LogP contribution in [0.15, 0.2) is 42.5 Å². The third kappa shape index (κ3) is 3.58. The molecule has 22 heavy (non-hydrogen) atoms. The quantitative estimate of drug-likeness (QED) is 0.889. The summed E-state index contributed by atoms with van der Waals surface area (Å²) in [6.07, 6.45) is 0.460. The van der Waals surface area contributed by atoms with Crippen LogP contribution >= 0.6 is 0 Å². The monoisotopic (exact) mass is 299 g/mol. The second-order valence-corrected chi connectivity index (χ2v) is 4.86. The SMILES string of the molecule is CCC(=O)NCc1cc(OC)c(-c2ccccc2)cc1OC. The van der Waals surface area contributed by atoms with Crippen LogP contribution in [0.25, 0.3) is 11.1 Å². The molecule has 0 radical (unpaired) electrons. The van der Waals surface area contributed by atoms with Gasteiger partial charge in [0.05, 0.1) is 14.2 Å². The minimum atomic E-state index is 0.00755. The van der Waals surface area contributed by atoms with E-state index >= 15 is 0 Å². The van der Waals surface area contributed by atoms with Gasteiger partial charge in [-0.3, -0.25) is 4.79 Å². The molecule has 0 aliphatic carbocycles. The van der Waals surface area contributed by atoms with E-state index in [-0.39, 0.29) is 5.91 Å². The average Bonchev–Trinajstić information content (AvgIpc) is 2.59. The van der Waals surface area contributed by atoms with Gasteiger partial charge in [-0.2, -0.15) is 0 Å². The lowest BCUT2D eigenvalue weighted by atomic mass is 10.0. The van der Waals surface area contributed by atoms with Crippen LogP contribution < -0.4 is 14.8 Å². The van der Waals surface area contributed by atoms with Gasteiger partial charge in [-0.1, -0.05) is 37.3 Å². The van der Waals surface area contributed by atoms with Gasteiger partial charge in [-0.25, -0.2) is 0 Å². The van der Waals surface area contributed by atoms with Crippen molar-refractivity contribution in [1.82, 2.24) is 5.32 Å². The molecular formula is C18H21NO3. The third-order valence-corrected chi connectivity index (χ3v) is 3.48. The molecule has 0 fully saturated rings. The predicted molar refractivity (Wildman–Crippen MR) is 87.1 cm³/mol. The Labute approximate surface area is 131 Å². The zero-order valence-corrected chi connectivity index (χ0v) is 13.2. The van der Waals surface area contributed by atoms with E-state index in [0.29, 0.717) is 13.0 Å². The summed E-state index contributed by atoms with van der Waals surface area (Å²) in [4.78, 5) is 11.4. The molecule has 0 atom stereocenters. The molecule has 0 aliphatic heterocycles. The van der Waals surface area contributed by atoms with Crippen LogP contribution in [0.3, 0.4) is 0 Å². The number of methoxy groups -OCH3 is 2. The summed E-state index contributed by atoms with van der Waals surface area (Å²) in [6, 6.07) is 13.8. The van der Waals surface area contributed by atoms with Gasteiger partial charge in [0.25, 0.3) is 0 Å². The van der Waals surface area contributed by atoms with Crippen LogP contribution in [0, 0.1) is 0 Å². The Morgan fingerprint density at radius 3 is 2.32 bits per heavy atom. The number of amides is 1. The smallest absolute Gasteiger partial charge is 0.219 e. The molecule has 0 aliphatic rings. The summed E-state index contributed by atoms with van der Waals surface area (Å²) in [5.74, 6) is 1.50. The Morgan fingerprint density at radius 1 is 1.05 bits per heavy atom. The molecule has 116 valence electrons. The molecular weight excluding hydrogens is 278 g/mol. The van der Waals surface area contributed by atoms with Crippen LogP contribution in [-0.4, -0.2) is 20.1 Å². The molecule has 1 amide bonds. The Hall–Kier alpha value is -2.49. The molecule has 0 saturated carbocycles. The first-order chi connectivity index (χ1) is 10.7.